The fourth-order valence-electron chi connectivity index (χ4n) is 3.09. The summed E-state index contributed by atoms with van der Waals surface area (Å²) in [7, 11) is 0. The normalized spacial score (nSPS) is 15.4. The lowest BCUT2D eigenvalue weighted by atomic mass is 10.0. The lowest BCUT2D eigenvalue weighted by Gasteiger charge is -2.16. The van der Waals surface area contributed by atoms with E-state index in [-0.39, 0.29) is 5.60 Å². The highest BCUT2D eigenvalue weighted by Gasteiger charge is 2.29. The van der Waals surface area contributed by atoms with E-state index in [9.17, 15) is 0 Å². The molecule has 0 spiro atoms. The maximum absolute atomic E-state index is 5.92. The van der Waals surface area contributed by atoms with E-state index in [2.05, 4.69) is 58.6 Å². The van der Waals surface area contributed by atoms with Crippen LogP contribution in [0.5, 0.6) is 5.75 Å². The number of rotatable bonds is 3. The van der Waals surface area contributed by atoms with Crippen LogP contribution in [-0.2, 0) is 13.0 Å². The summed E-state index contributed by atoms with van der Waals surface area (Å²) in [4.78, 5) is 4.37. The second-order valence-electron chi connectivity index (χ2n) is 6.78. The monoisotopic (exact) mass is 308 g/mol. The highest BCUT2D eigenvalue weighted by atomic mass is 16.5. The maximum Gasteiger partial charge on any atom is 0.181 e. The zero-order chi connectivity index (χ0) is 16.0. The molecular weight excluding hydrogens is 288 g/mol. The molecule has 0 amide bonds. The van der Waals surface area contributed by atoms with E-state index in [1.807, 2.05) is 13.1 Å². The number of hydrogen-bond acceptors (Lipinski definition) is 4. The van der Waals surface area contributed by atoms with Gasteiger partial charge < -0.3 is 10.1 Å². The van der Waals surface area contributed by atoms with Crippen LogP contribution in [0.2, 0.25) is 0 Å². The van der Waals surface area contributed by atoms with E-state index in [0.29, 0.717) is 0 Å². The average molecular weight is 308 g/mol. The number of hydrogen-bond donors (Lipinski definition) is 2. The molecule has 0 unspecified atom stereocenters. The van der Waals surface area contributed by atoms with Crippen molar-refractivity contribution < 1.29 is 4.74 Å². The van der Waals surface area contributed by atoms with Crippen molar-refractivity contribution in [1.82, 2.24) is 15.2 Å². The van der Waals surface area contributed by atoms with Gasteiger partial charge in [0.1, 0.15) is 11.4 Å². The summed E-state index contributed by atoms with van der Waals surface area (Å²) >= 11 is 0. The van der Waals surface area contributed by atoms with E-state index in [4.69, 9.17) is 4.74 Å². The molecule has 0 saturated heterocycles. The summed E-state index contributed by atoms with van der Waals surface area (Å²) in [6.07, 6.45) is 2.78. The Morgan fingerprint density at radius 1 is 1.30 bits per heavy atom. The summed E-state index contributed by atoms with van der Waals surface area (Å²) in [5.74, 6) is 1.01. The first-order chi connectivity index (χ1) is 11.0. The van der Waals surface area contributed by atoms with E-state index in [0.717, 1.165) is 41.1 Å². The predicted molar refractivity (Wildman–Crippen MR) is 90.8 cm³/mol. The number of benzene rings is 1. The number of anilines is 1. The lowest BCUT2D eigenvalue weighted by Crippen LogP contribution is -2.24. The molecule has 2 N–H and O–H groups in total. The Kier molecular flexibility index (Phi) is 3.04. The van der Waals surface area contributed by atoms with Gasteiger partial charge in [-0.2, -0.15) is 5.10 Å². The van der Waals surface area contributed by atoms with Crippen LogP contribution < -0.4 is 10.1 Å². The standard InChI is InChI=1S/C18H20N4O/c1-11-15-7-14(10-20-17(15)22-21-11)19-9-12-4-5-16-13(6-12)8-18(2,3)23-16/h4-7,10,19H,8-9H2,1-3H3,(H,20,21,22). The first-order valence-electron chi connectivity index (χ1n) is 7.86. The molecule has 0 atom stereocenters. The largest absolute Gasteiger partial charge is 0.487 e. The Bertz CT molecular complexity index is 882. The molecule has 0 fully saturated rings. The molecule has 1 aromatic carbocycles. The van der Waals surface area contributed by atoms with Crippen LogP contribution in [-0.4, -0.2) is 20.8 Å². The fourth-order valence-corrected chi connectivity index (χ4v) is 3.09. The molecule has 0 radical (unpaired) electrons. The third-order valence-electron chi connectivity index (χ3n) is 4.22. The van der Waals surface area contributed by atoms with E-state index < -0.39 is 0 Å². The molecule has 1 aliphatic rings. The lowest BCUT2D eigenvalue weighted by molar-refractivity contribution is 0.138. The molecule has 0 saturated carbocycles. The molecule has 23 heavy (non-hydrogen) atoms. The van der Waals surface area contributed by atoms with Crippen LogP contribution in [0.15, 0.2) is 30.5 Å². The summed E-state index contributed by atoms with van der Waals surface area (Å²) in [5.41, 5.74) is 5.22. The van der Waals surface area contributed by atoms with E-state index in [1.54, 1.807) is 0 Å². The second kappa shape index (κ2) is 4.98. The van der Waals surface area contributed by atoms with Gasteiger partial charge in [-0.05, 0) is 44.0 Å². The number of pyridine rings is 1. The third kappa shape index (κ3) is 2.63. The quantitative estimate of drug-likeness (QED) is 0.776. The molecule has 2 aromatic heterocycles. The number of aromatic amines is 1. The van der Waals surface area contributed by atoms with Crippen molar-refractivity contribution in [3.8, 4) is 5.75 Å². The minimum absolute atomic E-state index is 0.0951. The summed E-state index contributed by atoms with van der Waals surface area (Å²) < 4.78 is 5.92. The summed E-state index contributed by atoms with van der Waals surface area (Å²) in [5, 5.41) is 11.6. The zero-order valence-corrected chi connectivity index (χ0v) is 13.6. The topological polar surface area (TPSA) is 62.8 Å². The van der Waals surface area contributed by atoms with Gasteiger partial charge in [0.05, 0.1) is 11.9 Å². The smallest absolute Gasteiger partial charge is 0.181 e. The van der Waals surface area contributed by atoms with Crippen molar-refractivity contribution in [3.05, 3.63) is 47.3 Å². The molecule has 3 heterocycles. The van der Waals surface area contributed by atoms with Crippen molar-refractivity contribution in [3.63, 3.8) is 0 Å². The highest BCUT2D eigenvalue weighted by molar-refractivity contribution is 5.80. The van der Waals surface area contributed by atoms with E-state index >= 15 is 0 Å². The van der Waals surface area contributed by atoms with Gasteiger partial charge in [-0.3, -0.25) is 5.10 Å². The number of aromatic nitrogens is 3. The molecule has 5 heteroatoms. The number of nitrogens with one attached hydrogen (secondary N) is 2. The van der Waals surface area contributed by atoms with E-state index in [1.165, 1.54) is 11.1 Å². The Balaban J connectivity index is 1.51. The number of aryl methyl sites for hydroxylation is 1. The van der Waals surface area contributed by atoms with Crippen LogP contribution in [0, 0.1) is 6.92 Å². The molecular formula is C18H20N4O. The molecule has 4 rings (SSSR count). The molecule has 5 nitrogen and oxygen atoms in total. The second-order valence-corrected chi connectivity index (χ2v) is 6.78. The van der Waals surface area contributed by atoms with Gasteiger partial charge in [0.15, 0.2) is 5.65 Å². The molecule has 118 valence electrons. The number of ether oxygens (including phenoxy) is 1. The van der Waals surface area contributed by atoms with Gasteiger partial charge in [-0.25, -0.2) is 4.98 Å². The van der Waals surface area contributed by atoms with Crippen LogP contribution >= 0.6 is 0 Å². The summed E-state index contributed by atoms with van der Waals surface area (Å²) in [6.45, 7) is 7.01. The van der Waals surface area contributed by atoms with Crippen molar-refractivity contribution in [1.29, 1.82) is 0 Å². The number of nitrogens with zero attached hydrogens (tertiary/aromatic N) is 2. The van der Waals surface area contributed by atoms with Crippen molar-refractivity contribution in [2.24, 2.45) is 0 Å². The van der Waals surface area contributed by atoms with Crippen molar-refractivity contribution >= 4 is 16.7 Å². The Hall–Kier alpha value is -2.56. The van der Waals surface area contributed by atoms with Crippen LogP contribution in [0.4, 0.5) is 5.69 Å². The molecule has 3 aromatic rings. The van der Waals surface area contributed by atoms with Gasteiger partial charge in [0, 0.05) is 24.0 Å². The third-order valence-corrected chi connectivity index (χ3v) is 4.22. The van der Waals surface area contributed by atoms with Gasteiger partial charge in [-0.15, -0.1) is 0 Å². The first kappa shape index (κ1) is 14.1. The van der Waals surface area contributed by atoms with Crippen LogP contribution in [0.1, 0.15) is 30.7 Å². The Morgan fingerprint density at radius 2 is 2.17 bits per heavy atom. The van der Waals surface area contributed by atoms with Gasteiger partial charge in [0.2, 0.25) is 0 Å². The van der Waals surface area contributed by atoms with Crippen molar-refractivity contribution in [2.75, 3.05) is 5.32 Å². The van der Waals surface area contributed by atoms with Crippen molar-refractivity contribution in [2.45, 2.75) is 39.3 Å². The Morgan fingerprint density at radius 3 is 3.04 bits per heavy atom. The van der Waals surface area contributed by atoms with Gasteiger partial charge in [-0.1, -0.05) is 12.1 Å². The van der Waals surface area contributed by atoms with Crippen LogP contribution in [0.25, 0.3) is 11.0 Å². The average Bonchev–Trinajstić information content (AvgIpc) is 3.03. The zero-order valence-electron chi connectivity index (χ0n) is 13.6. The minimum Gasteiger partial charge on any atom is -0.487 e. The molecule has 0 aliphatic carbocycles. The molecule has 1 aliphatic heterocycles. The SMILES string of the molecule is Cc1[nH]nc2ncc(NCc3ccc4c(c3)CC(C)(C)O4)cc12. The fraction of sp³-hybridized carbons (Fsp3) is 0.333. The van der Waals surface area contributed by atoms with Gasteiger partial charge >= 0.3 is 0 Å². The number of fused-ring (bicyclic) bond motifs is 2. The highest BCUT2D eigenvalue weighted by Crippen LogP contribution is 2.35. The molecule has 0 bridgehead atoms. The minimum atomic E-state index is -0.0951. The Labute approximate surface area is 135 Å². The predicted octanol–water partition coefficient (Wildman–Crippen LogP) is 3.59. The first-order valence-corrected chi connectivity index (χ1v) is 7.86. The van der Waals surface area contributed by atoms with Gasteiger partial charge in [0.25, 0.3) is 0 Å². The summed E-state index contributed by atoms with van der Waals surface area (Å²) in [6, 6.07) is 8.50. The number of H-pyrrole nitrogens is 1. The maximum atomic E-state index is 5.92. The van der Waals surface area contributed by atoms with Crippen LogP contribution in [0.3, 0.4) is 0 Å².